The van der Waals surface area contributed by atoms with Crippen molar-refractivity contribution in [2.24, 2.45) is 0 Å². The van der Waals surface area contributed by atoms with E-state index in [1.54, 1.807) is 18.9 Å². The van der Waals surface area contributed by atoms with Crippen LogP contribution in [0.1, 0.15) is 30.1 Å². The van der Waals surface area contributed by atoms with Gasteiger partial charge < -0.3 is 14.2 Å². The van der Waals surface area contributed by atoms with Crippen LogP contribution in [0.15, 0.2) is 41.6 Å². The third-order valence-electron chi connectivity index (χ3n) is 4.94. The number of imidazole rings is 1. The maximum Gasteiger partial charge on any atom is 0.232 e. The number of ether oxygens (including phenoxy) is 1. The molecule has 0 radical (unpaired) electrons. The minimum atomic E-state index is 0.236. The van der Waals surface area contributed by atoms with Gasteiger partial charge in [0.2, 0.25) is 5.91 Å². The number of carbonyl (C=O) groups excluding carboxylic acids is 1. The Balaban J connectivity index is 1.50. The lowest BCUT2D eigenvalue weighted by Gasteiger charge is -2.32. The van der Waals surface area contributed by atoms with Crippen LogP contribution in [0.3, 0.4) is 0 Å². The van der Waals surface area contributed by atoms with Gasteiger partial charge in [-0.2, -0.15) is 0 Å². The highest BCUT2D eigenvalue weighted by molar-refractivity contribution is 8.00. The summed E-state index contributed by atoms with van der Waals surface area (Å²) in [5.41, 5.74) is 1.23. The van der Waals surface area contributed by atoms with Crippen LogP contribution in [0.2, 0.25) is 0 Å². The predicted molar refractivity (Wildman–Crippen MR) is 105 cm³/mol. The Morgan fingerprint density at radius 1 is 1.31 bits per heavy atom. The van der Waals surface area contributed by atoms with E-state index in [9.17, 15) is 4.79 Å². The zero-order chi connectivity index (χ0) is 18.4. The van der Waals surface area contributed by atoms with Crippen LogP contribution >= 0.6 is 11.8 Å². The molecule has 2 aromatic rings. The fourth-order valence-electron chi connectivity index (χ4n) is 3.40. The topological polar surface area (TPSA) is 47.4 Å². The zero-order valence-electron chi connectivity index (χ0n) is 15.6. The number of benzene rings is 1. The van der Waals surface area contributed by atoms with Crippen molar-refractivity contribution >= 4 is 17.7 Å². The van der Waals surface area contributed by atoms with Crippen LogP contribution < -0.4 is 0 Å². The number of hydrogen-bond acceptors (Lipinski definition) is 4. The summed E-state index contributed by atoms with van der Waals surface area (Å²) in [4.78, 5) is 20.3. The Morgan fingerprint density at radius 2 is 2.08 bits per heavy atom. The number of thioether (sulfide) groups is 1. The van der Waals surface area contributed by atoms with Gasteiger partial charge in [-0.15, -0.1) is 11.8 Å². The van der Waals surface area contributed by atoms with Crippen molar-refractivity contribution in [3.8, 4) is 0 Å². The normalized spacial score (nSPS) is 15.4. The predicted octanol–water partition coefficient (Wildman–Crippen LogP) is 3.34. The lowest BCUT2D eigenvalue weighted by atomic mass is 9.96. The minimum Gasteiger partial charge on any atom is -0.383 e. The molecule has 140 valence electrons. The molecule has 0 unspecified atom stereocenters. The summed E-state index contributed by atoms with van der Waals surface area (Å²) >= 11 is 1.64. The molecule has 0 N–H and O–H groups in total. The van der Waals surface area contributed by atoms with Gasteiger partial charge in [0, 0.05) is 50.0 Å². The van der Waals surface area contributed by atoms with Crippen molar-refractivity contribution in [3.63, 3.8) is 0 Å². The standard InChI is InChI=1S/C20H27N3O2S/c1-16-5-3-4-6-18(16)26-15-19(24)22-10-7-17(8-11-22)20-21-9-12-23(20)13-14-25-2/h3-6,9,12,17H,7-8,10-11,13-15H2,1-2H3. The Hall–Kier alpha value is -1.79. The first-order chi connectivity index (χ1) is 12.7. The molecule has 1 saturated heterocycles. The summed E-state index contributed by atoms with van der Waals surface area (Å²) in [5, 5.41) is 0. The first kappa shape index (κ1) is 19.0. The van der Waals surface area contributed by atoms with Crippen LogP contribution in [0, 0.1) is 6.92 Å². The van der Waals surface area contributed by atoms with Crippen molar-refractivity contribution < 1.29 is 9.53 Å². The van der Waals surface area contributed by atoms with E-state index >= 15 is 0 Å². The van der Waals surface area contributed by atoms with Gasteiger partial charge in [-0.25, -0.2) is 4.98 Å². The molecule has 0 aliphatic carbocycles. The van der Waals surface area contributed by atoms with Crippen LogP contribution in [0.25, 0.3) is 0 Å². The SMILES string of the molecule is COCCn1ccnc1C1CCN(C(=O)CSc2ccccc2C)CC1. The maximum absolute atomic E-state index is 12.6. The second kappa shape index (κ2) is 9.24. The average molecular weight is 374 g/mol. The van der Waals surface area contributed by atoms with E-state index in [2.05, 4.69) is 28.6 Å². The molecule has 3 rings (SSSR count). The van der Waals surface area contributed by atoms with Gasteiger partial charge in [-0.3, -0.25) is 4.79 Å². The number of piperidine rings is 1. The first-order valence-corrected chi connectivity index (χ1v) is 10.1. The van der Waals surface area contributed by atoms with E-state index in [-0.39, 0.29) is 5.91 Å². The molecule has 0 spiro atoms. The van der Waals surface area contributed by atoms with Crippen molar-refractivity contribution in [2.75, 3.05) is 32.6 Å². The molecule has 1 fully saturated rings. The molecule has 0 atom stereocenters. The summed E-state index contributed by atoms with van der Waals surface area (Å²) in [7, 11) is 1.72. The quantitative estimate of drug-likeness (QED) is 0.699. The van der Waals surface area contributed by atoms with Crippen molar-refractivity contribution in [1.29, 1.82) is 0 Å². The highest BCUT2D eigenvalue weighted by Crippen LogP contribution is 2.28. The summed E-state index contributed by atoms with van der Waals surface area (Å²) in [6.07, 6.45) is 5.83. The molecule has 5 nitrogen and oxygen atoms in total. The molecular weight excluding hydrogens is 346 g/mol. The van der Waals surface area contributed by atoms with Gasteiger partial charge in [0.1, 0.15) is 5.82 Å². The molecule has 1 aromatic carbocycles. The third-order valence-corrected chi connectivity index (χ3v) is 6.10. The number of amides is 1. The van der Waals surface area contributed by atoms with E-state index in [0.717, 1.165) is 38.3 Å². The van der Waals surface area contributed by atoms with Crippen LogP contribution in [-0.4, -0.2) is 52.9 Å². The number of nitrogens with zero attached hydrogens (tertiary/aromatic N) is 3. The van der Waals surface area contributed by atoms with Crippen LogP contribution in [0.5, 0.6) is 0 Å². The molecule has 0 saturated carbocycles. The van der Waals surface area contributed by atoms with Gasteiger partial charge in [0.15, 0.2) is 0 Å². The summed E-state index contributed by atoms with van der Waals surface area (Å²) in [5.74, 6) is 2.30. The summed E-state index contributed by atoms with van der Waals surface area (Å²) in [6, 6.07) is 8.23. The highest BCUT2D eigenvalue weighted by Gasteiger charge is 2.26. The Bertz CT molecular complexity index is 723. The molecular formula is C20H27N3O2S. The summed E-state index contributed by atoms with van der Waals surface area (Å²) < 4.78 is 7.35. The highest BCUT2D eigenvalue weighted by atomic mass is 32.2. The average Bonchev–Trinajstić information content (AvgIpc) is 3.14. The van der Waals surface area contributed by atoms with E-state index in [1.807, 2.05) is 29.4 Å². The van der Waals surface area contributed by atoms with E-state index in [0.29, 0.717) is 18.3 Å². The molecule has 1 aliphatic rings. The van der Waals surface area contributed by atoms with E-state index in [1.165, 1.54) is 10.5 Å². The van der Waals surface area contributed by atoms with Gasteiger partial charge in [0.25, 0.3) is 0 Å². The minimum absolute atomic E-state index is 0.236. The van der Waals surface area contributed by atoms with Gasteiger partial charge in [-0.1, -0.05) is 18.2 Å². The summed E-state index contributed by atoms with van der Waals surface area (Å²) in [6.45, 7) is 5.24. The Kier molecular flexibility index (Phi) is 6.74. The van der Waals surface area contributed by atoms with Gasteiger partial charge in [-0.05, 0) is 31.4 Å². The Morgan fingerprint density at radius 3 is 2.81 bits per heavy atom. The molecule has 6 heteroatoms. The van der Waals surface area contributed by atoms with Gasteiger partial charge in [0.05, 0.1) is 12.4 Å². The van der Waals surface area contributed by atoms with Crippen LogP contribution in [0.4, 0.5) is 0 Å². The van der Waals surface area contributed by atoms with Gasteiger partial charge >= 0.3 is 0 Å². The monoisotopic (exact) mass is 373 g/mol. The molecule has 1 aliphatic heterocycles. The first-order valence-electron chi connectivity index (χ1n) is 9.15. The molecule has 2 heterocycles. The Labute approximate surface area is 159 Å². The lowest BCUT2D eigenvalue weighted by Crippen LogP contribution is -2.39. The number of methoxy groups -OCH3 is 1. The number of carbonyl (C=O) groups is 1. The number of hydrogen-bond donors (Lipinski definition) is 0. The second-order valence-corrected chi connectivity index (χ2v) is 7.70. The molecule has 26 heavy (non-hydrogen) atoms. The van der Waals surface area contributed by atoms with Crippen molar-refractivity contribution in [1.82, 2.24) is 14.5 Å². The number of aromatic nitrogens is 2. The third kappa shape index (κ3) is 4.68. The zero-order valence-corrected chi connectivity index (χ0v) is 16.4. The van der Waals surface area contributed by atoms with Crippen LogP contribution in [-0.2, 0) is 16.1 Å². The maximum atomic E-state index is 12.6. The van der Waals surface area contributed by atoms with E-state index in [4.69, 9.17) is 4.74 Å². The largest absolute Gasteiger partial charge is 0.383 e. The lowest BCUT2D eigenvalue weighted by molar-refractivity contribution is -0.129. The van der Waals surface area contributed by atoms with Crippen molar-refractivity contribution in [3.05, 3.63) is 48.0 Å². The molecule has 0 bridgehead atoms. The molecule has 1 amide bonds. The number of likely N-dealkylation sites (tertiary alicyclic amines) is 1. The fraction of sp³-hybridized carbons (Fsp3) is 0.500. The van der Waals surface area contributed by atoms with E-state index < -0.39 is 0 Å². The fourth-order valence-corrected chi connectivity index (χ4v) is 4.33. The smallest absolute Gasteiger partial charge is 0.232 e. The number of aryl methyl sites for hydroxylation is 1. The van der Waals surface area contributed by atoms with Crippen molar-refractivity contribution in [2.45, 2.75) is 37.1 Å². The second-order valence-electron chi connectivity index (χ2n) is 6.68. The molecule has 1 aromatic heterocycles. The number of rotatable bonds is 7.